The summed E-state index contributed by atoms with van der Waals surface area (Å²) in [5, 5.41) is 10.2. The quantitative estimate of drug-likeness (QED) is 0.688. The molecule has 0 saturated carbocycles. The fourth-order valence-corrected chi connectivity index (χ4v) is 3.97. The van der Waals surface area contributed by atoms with Crippen LogP contribution in [0.4, 0.5) is 5.69 Å². The smallest absolute Gasteiger partial charge is 0.313 e. The SMILES string of the molecule is COc1ccc([C@@H]2[C@@H](C(=O)O)c3ccccc3C(=O)N2c2ccc(OC)cc2)cc1. The van der Waals surface area contributed by atoms with Crippen molar-refractivity contribution < 1.29 is 24.2 Å². The molecule has 152 valence electrons. The molecule has 0 aliphatic carbocycles. The van der Waals surface area contributed by atoms with Crippen LogP contribution in [-0.4, -0.2) is 31.2 Å². The van der Waals surface area contributed by atoms with Crippen molar-refractivity contribution in [3.8, 4) is 11.5 Å². The van der Waals surface area contributed by atoms with Gasteiger partial charge in [-0.05, 0) is 53.6 Å². The summed E-state index contributed by atoms with van der Waals surface area (Å²) in [6.45, 7) is 0. The van der Waals surface area contributed by atoms with Crippen LogP contribution >= 0.6 is 0 Å². The van der Waals surface area contributed by atoms with Gasteiger partial charge in [0, 0.05) is 11.3 Å². The average molecular weight is 403 g/mol. The Balaban J connectivity index is 1.93. The largest absolute Gasteiger partial charge is 0.497 e. The summed E-state index contributed by atoms with van der Waals surface area (Å²) in [6, 6.07) is 20.4. The summed E-state index contributed by atoms with van der Waals surface area (Å²) in [6.07, 6.45) is 0. The highest BCUT2D eigenvalue weighted by Gasteiger charge is 2.44. The Morgan fingerprint density at radius 3 is 2.00 bits per heavy atom. The van der Waals surface area contributed by atoms with E-state index in [0.29, 0.717) is 33.9 Å². The van der Waals surface area contributed by atoms with E-state index in [0.717, 1.165) is 0 Å². The minimum Gasteiger partial charge on any atom is -0.497 e. The molecule has 30 heavy (non-hydrogen) atoms. The molecule has 0 radical (unpaired) electrons. The number of carboxylic acids is 1. The van der Waals surface area contributed by atoms with E-state index in [4.69, 9.17) is 9.47 Å². The molecule has 3 aromatic rings. The minimum atomic E-state index is -0.991. The molecule has 1 N–H and O–H groups in total. The third-order valence-corrected chi connectivity index (χ3v) is 5.41. The van der Waals surface area contributed by atoms with Crippen molar-refractivity contribution in [2.45, 2.75) is 12.0 Å². The van der Waals surface area contributed by atoms with Gasteiger partial charge in [0.15, 0.2) is 0 Å². The predicted octanol–water partition coefficient (Wildman–Crippen LogP) is 4.27. The Hall–Kier alpha value is -3.80. The number of benzene rings is 3. The zero-order valence-corrected chi connectivity index (χ0v) is 16.6. The summed E-state index contributed by atoms with van der Waals surface area (Å²) in [4.78, 5) is 27.5. The standard InChI is InChI=1S/C24H21NO5/c1-29-17-11-7-15(8-12-17)22-21(24(27)28)19-5-3-4-6-20(19)23(26)25(22)16-9-13-18(30-2)14-10-16/h3-14,21-22H,1-2H3,(H,27,28)/t21-,22+/m0/s1. The fraction of sp³-hybridized carbons (Fsp3) is 0.167. The molecule has 1 amide bonds. The molecule has 4 rings (SSSR count). The van der Waals surface area contributed by atoms with E-state index in [2.05, 4.69) is 0 Å². The molecule has 3 aromatic carbocycles. The van der Waals surface area contributed by atoms with Gasteiger partial charge in [-0.15, -0.1) is 0 Å². The number of carbonyl (C=O) groups excluding carboxylic acids is 1. The van der Waals surface area contributed by atoms with Gasteiger partial charge in [0.05, 0.1) is 20.3 Å². The summed E-state index contributed by atoms with van der Waals surface area (Å²) < 4.78 is 10.5. The molecular weight excluding hydrogens is 382 g/mol. The Morgan fingerprint density at radius 2 is 1.43 bits per heavy atom. The minimum absolute atomic E-state index is 0.242. The second-order valence-electron chi connectivity index (χ2n) is 6.99. The zero-order valence-electron chi connectivity index (χ0n) is 16.6. The van der Waals surface area contributed by atoms with Crippen molar-refractivity contribution in [1.82, 2.24) is 0 Å². The van der Waals surface area contributed by atoms with Crippen molar-refractivity contribution in [1.29, 1.82) is 0 Å². The highest BCUT2D eigenvalue weighted by atomic mass is 16.5. The molecule has 1 aliphatic heterocycles. The third kappa shape index (κ3) is 3.26. The molecule has 6 nitrogen and oxygen atoms in total. The van der Waals surface area contributed by atoms with Crippen LogP contribution in [0.25, 0.3) is 0 Å². The number of nitrogens with zero attached hydrogens (tertiary/aromatic N) is 1. The van der Waals surface area contributed by atoms with Crippen LogP contribution in [0, 0.1) is 0 Å². The predicted molar refractivity (Wildman–Crippen MR) is 112 cm³/mol. The first-order chi connectivity index (χ1) is 14.5. The second-order valence-corrected chi connectivity index (χ2v) is 6.99. The number of ether oxygens (including phenoxy) is 2. The molecule has 0 fully saturated rings. The van der Waals surface area contributed by atoms with Gasteiger partial charge in [-0.1, -0.05) is 30.3 Å². The Kier molecular flexibility index (Phi) is 5.14. The maximum absolute atomic E-state index is 13.5. The Labute approximate surface area is 174 Å². The molecule has 6 heteroatoms. The van der Waals surface area contributed by atoms with Crippen LogP contribution in [0.2, 0.25) is 0 Å². The van der Waals surface area contributed by atoms with Crippen LogP contribution in [0.15, 0.2) is 72.8 Å². The molecule has 1 aliphatic rings. The summed E-state index contributed by atoms with van der Waals surface area (Å²) in [5.41, 5.74) is 2.22. The maximum Gasteiger partial charge on any atom is 0.313 e. The molecule has 0 unspecified atom stereocenters. The summed E-state index contributed by atoms with van der Waals surface area (Å²) in [5.74, 6) is -0.846. The number of anilines is 1. The number of hydrogen-bond acceptors (Lipinski definition) is 4. The molecule has 2 atom stereocenters. The first-order valence-electron chi connectivity index (χ1n) is 9.48. The zero-order chi connectivity index (χ0) is 21.3. The van der Waals surface area contributed by atoms with E-state index in [1.165, 1.54) is 0 Å². The number of carbonyl (C=O) groups is 2. The first-order valence-corrected chi connectivity index (χ1v) is 9.48. The maximum atomic E-state index is 13.5. The van der Waals surface area contributed by atoms with Crippen molar-refractivity contribution in [2.24, 2.45) is 0 Å². The lowest BCUT2D eigenvalue weighted by molar-refractivity contribution is -0.139. The van der Waals surface area contributed by atoms with E-state index in [9.17, 15) is 14.7 Å². The van der Waals surface area contributed by atoms with E-state index in [1.807, 2.05) is 0 Å². The fourth-order valence-electron chi connectivity index (χ4n) is 3.97. The van der Waals surface area contributed by atoms with Crippen molar-refractivity contribution >= 4 is 17.6 Å². The van der Waals surface area contributed by atoms with E-state index < -0.39 is 17.9 Å². The number of fused-ring (bicyclic) bond motifs is 1. The van der Waals surface area contributed by atoms with Crippen LogP contribution in [-0.2, 0) is 4.79 Å². The van der Waals surface area contributed by atoms with Gasteiger partial charge >= 0.3 is 5.97 Å². The summed E-state index contributed by atoms with van der Waals surface area (Å²) in [7, 11) is 3.14. The topological polar surface area (TPSA) is 76.1 Å². The number of carboxylic acid groups (broad SMARTS) is 1. The average Bonchev–Trinajstić information content (AvgIpc) is 2.79. The normalized spacial score (nSPS) is 17.9. The van der Waals surface area contributed by atoms with Gasteiger partial charge in [-0.2, -0.15) is 0 Å². The van der Waals surface area contributed by atoms with E-state index in [1.54, 1.807) is 91.9 Å². The van der Waals surface area contributed by atoms with E-state index >= 15 is 0 Å². The Morgan fingerprint density at radius 1 is 0.867 bits per heavy atom. The number of rotatable bonds is 5. The van der Waals surface area contributed by atoms with Crippen molar-refractivity contribution in [3.05, 3.63) is 89.5 Å². The van der Waals surface area contributed by atoms with Gasteiger partial charge in [0.25, 0.3) is 5.91 Å². The number of amides is 1. The van der Waals surface area contributed by atoms with Gasteiger partial charge in [-0.25, -0.2) is 0 Å². The van der Waals surface area contributed by atoms with Gasteiger partial charge in [0.2, 0.25) is 0 Å². The first kappa shape index (κ1) is 19.5. The number of aliphatic carboxylic acids is 1. The van der Waals surface area contributed by atoms with Crippen LogP contribution in [0.1, 0.15) is 33.4 Å². The molecule has 0 saturated heterocycles. The van der Waals surface area contributed by atoms with Crippen LogP contribution in [0.5, 0.6) is 11.5 Å². The highest BCUT2D eigenvalue weighted by molar-refractivity contribution is 6.11. The van der Waals surface area contributed by atoms with E-state index in [-0.39, 0.29) is 5.91 Å². The van der Waals surface area contributed by atoms with Crippen molar-refractivity contribution in [3.63, 3.8) is 0 Å². The molecule has 1 heterocycles. The highest BCUT2D eigenvalue weighted by Crippen LogP contribution is 2.45. The molecule has 0 bridgehead atoms. The number of methoxy groups -OCH3 is 2. The molecule has 0 spiro atoms. The monoisotopic (exact) mass is 403 g/mol. The second kappa shape index (κ2) is 7.91. The third-order valence-electron chi connectivity index (χ3n) is 5.41. The van der Waals surface area contributed by atoms with Gasteiger partial charge in [0.1, 0.15) is 17.4 Å². The van der Waals surface area contributed by atoms with Crippen LogP contribution < -0.4 is 14.4 Å². The summed E-state index contributed by atoms with van der Waals surface area (Å²) >= 11 is 0. The lowest BCUT2D eigenvalue weighted by Gasteiger charge is -2.40. The molecule has 0 aromatic heterocycles. The Bertz CT molecular complexity index is 1080. The van der Waals surface area contributed by atoms with Gasteiger partial charge in [-0.3, -0.25) is 14.5 Å². The lowest BCUT2D eigenvalue weighted by Crippen LogP contribution is -2.45. The van der Waals surface area contributed by atoms with Crippen LogP contribution in [0.3, 0.4) is 0 Å². The number of hydrogen-bond donors (Lipinski definition) is 1. The van der Waals surface area contributed by atoms with Crippen molar-refractivity contribution in [2.75, 3.05) is 19.1 Å². The lowest BCUT2D eigenvalue weighted by atomic mass is 9.79. The molecular formula is C24H21NO5. The van der Waals surface area contributed by atoms with Gasteiger partial charge < -0.3 is 14.6 Å².